The van der Waals surface area contributed by atoms with E-state index < -0.39 is 0 Å². The summed E-state index contributed by atoms with van der Waals surface area (Å²) in [6.07, 6.45) is 5.34. The van der Waals surface area contributed by atoms with Crippen LogP contribution < -0.4 is 10.1 Å². The highest BCUT2D eigenvalue weighted by Gasteiger charge is 2.42. The summed E-state index contributed by atoms with van der Waals surface area (Å²) in [7, 11) is 0. The summed E-state index contributed by atoms with van der Waals surface area (Å²) in [5.74, 6) is 2.54. The highest BCUT2D eigenvalue weighted by atomic mass is 16.5. The topological polar surface area (TPSA) is 55.4 Å². The van der Waals surface area contributed by atoms with E-state index in [4.69, 9.17) is 4.74 Å². The smallest absolute Gasteiger partial charge is 0.308 e. The molecule has 2 aliphatic carbocycles. The Kier molecular flexibility index (Phi) is 5.21. The van der Waals surface area contributed by atoms with Gasteiger partial charge in [-0.1, -0.05) is 30.7 Å². The van der Waals surface area contributed by atoms with Crippen molar-refractivity contribution in [2.45, 2.75) is 45.6 Å². The van der Waals surface area contributed by atoms with Crippen molar-refractivity contribution in [1.29, 1.82) is 0 Å². The third-order valence-electron chi connectivity index (χ3n) is 6.39. The van der Waals surface area contributed by atoms with Gasteiger partial charge in [-0.05, 0) is 79.3 Å². The molecule has 0 radical (unpaired) electrons. The number of amides is 1. The second-order valence-electron chi connectivity index (χ2n) is 8.30. The monoisotopic (exact) mass is 377 g/mol. The normalized spacial score (nSPS) is 24.0. The molecule has 0 aliphatic heterocycles. The van der Waals surface area contributed by atoms with Crippen LogP contribution in [-0.2, 0) is 4.79 Å². The second kappa shape index (κ2) is 7.78. The number of rotatable bonds is 5. The third-order valence-corrected chi connectivity index (χ3v) is 6.39. The first-order chi connectivity index (χ1) is 13.5. The molecule has 1 amide bonds. The van der Waals surface area contributed by atoms with Crippen LogP contribution in [0.4, 0.5) is 0 Å². The molecule has 146 valence electrons. The van der Waals surface area contributed by atoms with Crippen molar-refractivity contribution in [1.82, 2.24) is 5.32 Å². The van der Waals surface area contributed by atoms with E-state index in [9.17, 15) is 9.59 Å². The summed E-state index contributed by atoms with van der Waals surface area (Å²) >= 11 is 0. The van der Waals surface area contributed by atoms with Crippen LogP contribution in [0.25, 0.3) is 11.1 Å². The summed E-state index contributed by atoms with van der Waals surface area (Å²) in [6, 6.07) is 15.3. The van der Waals surface area contributed by atoms with Gasteiger partial charge in [-0.15, -0.1) is 0 Å². The molecule has 2 bridgehead atoms. The number of carbonyl (C=O) groups excluding carboxylic acids is 2. The van der Waals surface area contributed by atoms with Crippen LogP contribution >= 0.6 is 0 Å². The van der Waals surface area contributed by atoms with Crippen molar-refractivity contribution in [3.8, 4) is 16.9 Å². The van der Waals surface area contributed by atoms with Gasteiger partial charge in [0.25, 0.3) is 5.91 Å². The molecule has 2 aromatic rings. The maximum atomic E-state index is 12.7. The van der Waals surface area contributed by atoms with E-state index in [0.717, 1.165) is 23.0 Å². The standard InChI is InChI=1S/C24H27NO3/c1-15(23-14-17-3-4-21(23)13-17)25-24(27)20-7-5-18(6-8-20)19-9-11-22(12-10-19)28-16(2)26/h5-12,15,17,21,23H,3-4,13-14H2,1-2H3,(H,25,27). The Morgan fingerprint density at radius 1 is 0.964 bits per heavy atom. The van der Waals surface area contributed by atoms with Crippen molar-refractivity contribution < 1.29 is 14.3 Å². The summed E-state index contributed by atoms with van der Waals surface area (Å²) in [5.41, 5.74) is 2.72. The van der Waals surface area contributed by atoms with E-state index in [-0.39, 0.29) is 17.9 Å². The highest BCUT2D eigenvalue weighted by Crippen LogP contribution is 2.49. The molecule has 4 heteroatoms. The van der Waals surface area contributed by atoms with Gasteiger partial charge >= 0.3 is 5.97 Å². The van der Waals surface area contributed by atoms with E-state index in [2.05, 4.69) is 12.2 Å². The number of esters is 1. The number of hydrogen-bond donors (Lipinski definition) is 1. The van der Waals surface area contributed by atoms with Gasteiger partial charge in [0.15, 0.2) is 0 Å². The highest BCUT2D eigenvalue weighted by molar-refractivity contribution is 5.94. The van der Waals surface area contributed by atoms with Crippen LogP contribution in [0.1, 0.15) is 49.9 Å². The van der Waals surface area contributed by atoms with E-state index in [1.807, 2.05) is 36.4 Å². The van der Waals surface area contributed by atoms with Crippen LogP contribution in [0.3, 0.4) is 0 Å². The average Bonchev–Trinajstić information content (AvgIpc) is 3.32. The number of benzene rings is 2. The zero-order valence-corrected chi connectivity index (χ0v) is 16.5. The quantitative estimate of drug-likeness (QED) is 0.600. The number of carbonyl (C=O) groups is 2. The molecule has 0 saturated heterocycles. The molecule has 2 fully saturated rings. The van der Waals surface area contributed by atoms with Gasteiger partial charge in [0.1, 0.15) is 5.75 Å². The molecular weight excluding hydrogens is 350 g/mol. The minimum absolute atomic E-state index is 0.00651. The Morgan fingerprint density at radius 3 is 2.14 bits per heavy atom. The van der Waals surface area contributed by atoms with Crippen molar-refractivity contribution >= 4 is 11.9 Å². The van der Waals surface area contributed by atoms with Gasteiger partial charge in [0, 0.05) is 18.5 Å². The zero-order chi connectivity index (χ0) is 19.7. The van der Waals surface area contributed by atoms with Crippen molar-refractivity contribution in [2.24, 2.45) is 17.8 Å². The first-order valence-electron chi connectivity index (χ1n) is 10.2. The van der Waals surface area contributed by atoms with Gasteiger partial charge in [0.05, 0.1) is 0 Å². The molecule has 2 aliphatic rings. The van der Waals surface area contributed by atoms with Crippen molar-refractivity contribution in [3.05, 3.63) is 54.1 Å². The Hall–Kier alpha value is -2.62. The molecule has 0 aromatic heterocycles. The summed E-state index contributed by atoms with van der Waals surface area (Å²) in [4.78, 5) is 23.7. The fourth-order valence-electron chi connectivity index (χ4n) is 5.00. The molecule has 4 atom stereocenters. The summed E-state index contributed by atoms with van der Waals surface area (Å²) in [6.45, 7) is 3.54. The number of fused-ring (bicyclic) bond motifs is 2. The van der Waals surface area contributed by atoms with Crippen LogP contribution in [0.5, 0.6) is 5.75 Å². The molecule has 4 unspecified atom stereocenters. The fraction of sp³-hybridized carbons (Fsp3) is 0.417. The van der Waals surface area contributed by atoms with E-state index in [0.29, 0.717) is 17.2 Å². The summed E-state index contributed by atoms with van der Waals surface area (Å²) in [5, 5.41) is 3.22. The van der Waals surface area contributed by atoms with E-state index >= 15 is 0 Å². The molecular formula is C24H27NO3. The van der Waals surface area contributed by atoms with Crippen LogP contribution in [0.2, 0.25) is 0 Å². The predicted octanol–water partition coefficient (Wildman–Crippen LogP) is 4.83. The maximum absolute atomic E-state index is 12.7. The van der Waals surface area contributed by atoms with Gasteiger partial charge in [-0.25, -0.2) is 0 Å². The predicted molar refractivity (Wildman–Crippen MR) is 109 cm³/mol. The van der Waals surface area contributed by atoms with Crippen LogP contribution in [0, 0.1) is 17.8 Å². The minimum atomic E-state index is -0.331. The van der Waals surface area contributed by atoms with Gasteiger partial charge in [-0.2, -0.15) is 0 Å². The Bertz CT molecular complexity index is 856. The first kappa shape index (κ1) is 18.7. The SMILES string of the molecule is CC(=O)Oc1ccc(-c2ccc(C(=O)NC(C)C3CC4CCC3C4)cc2)cc1. The van der Waals surface area contributed by atoms with E-state index in [1.54, 1.807) is 12.1 Å². The Labute approximate surface area is 166 Å². The number of nitrogens with one attached hydrogen (secondary N) is 1. The molecule has 28 heavy (non-hydrogen) atoms. The first-order valence-corrected chi connectivity index (χ1v) is 10.2. The maximum Gasteiger partial charge on any atom is 0.308 e. The molecule has 2 saturated carbocycles. The molecule has 0 spiro atoms. The van der Waals surface area contributed by atoms with Crippen LogP contribution in [-0.4, -0.2) is 17.9 Å². The minimum Gasteiger partial charge on any atom is -0.427 e. The van der Waals surface area contributed by atoms with Crippen molar-refractivity contribution in [2.75, 3.05) is 0 Å². The van der Waals surface area contributed by atoms with E-state index in [1.165, 1.54) is 32.6 Å². The summed E-state index contributed by atoms with van der Waals surface area (Å²) < 4.78 is 5.06. The lowest BCUT2D eigenvalue weighted by Crippen LogP contribution is -2.40. The lowest BCUT2D eigenvalue weighted by molar-refractivity contribution is -0.131. The number of ether oxygens (including phenoxy) is 1. The molecule has 1 N–H and O–H groups in total. The third kappa shape index (κ3) is 3.96. The molecule has 4 rings (SSSR count). The average molecular weight is 377 g/mol. The Morgan fingerprint density at radius 2 is 1.61 bits per heavy atom. The second-order valence-corrected chi connectivity index (χ2v) is 8.30. The fourth-order valence-corrected chi connectivity index (χ4v) is 5.00. The van der Waals surface area contributed by atoms with Gasteiger partial charge < -0.3 is 10.1 Å². The lowest BCUT2D eigenvalue weighted by atomic mass is 9.84. The van der Waals surface area contributed by atoms with Gasteiger partial charge in [0.2, 0.25) is 0 Å². The number of hydrogen-bond acceptors (Lipinski definition) is 3. The zero-order valence-electron chi connectivity index (χ0n) is 16.5. The Balaban J connectivity index is 1.38. The molecule has 0 heterocycles. The molecule has 4 nitrogen and oxygen atoms in total. The van der Waals surface area contributed by atoms with Crippen molar-refractivity contribution in [3.63, 3.8) is 0 Å². The van der Waals surface area contributed by atoms with Crippen LogP contribution in [0.15, 0.2) is 48.5 Å². The largest absolute Gasteiger partial charge is 0.427 e. The molecule has 2 aromatic carbocycles. The lowest BCUT2D eigenvalue weighted by Gasteiger charge is -2.28. The van der Waals surface area contributed by atoms with Gasteiger partial charge in [-0.3, -0.25) is 9.59 Å².